The SMILES string of the molecule is C=C[C@H]1C[N+]2(Cc3ccc(C(F)(F)F)cc3)CC[C@H]1C[C@@H]2CO. The monoisotopic (exact) mass is 326 g/mol. The summed E-state index contributed by atoms with van der Waals surface area (Å²) in [6.07, 6.45) is -0.199. The number of hydrogen-bond acceptors (Lipinski definition) is 1. The van der Waals surface area contributed by atoms with Crippen molar-refractivity contribution >= 4 is 0 Å². The van der Waals surface area contributed by atoms with Crippen LogP contribution in [0.15, 0.2) is 36.9 Å². The zero-order valence-electron chi connectivity index (χ0n) is 13.1. The quantitative estimate of drug-likeness (QED) is 0.662. The fourth-order valence-electron chi connectivity index (χ4n) is 4.44. The third-order valence-corrected chi connectivity index (χ3v) is 5.77. The summed E-state index contributed by atoms with van der Waals surface area (Å²) in [7, 11) is 0. The van der Waals surface area contributed by atoms with Crippen molar-refractivity contribution in [1.29, 1.82) is 0 Å². The lowest BCUT2D eigenvalue weighted by Crippen LogP contribution is -2.67. The van der Waals surface area contributed by atoms with E-state index in [1.54, 1.807) is 12.1 Å². The molecule has 4 rings (SSSR count). The van der Waals surface area contributed by atoms with E-state index in [1.807, 2.05) is 6.08 Å². The first kappa shape index (κ1) is 16.5. The Balaban J connectivity index is 1.83. The van der Waals surface area contributed by atoms with E-state index in [1.165, 1.54) is 0 Å². The van der Waals surface area contributed by atoms with Crippen LogP contribution in [-0.2, 0) is 12.7 Å². The summed E-state index contributed by atoms with van der Waals surface area (Å²) < 4.78 is 38.8. The van der Waals surface area contributed by atoms with Crippen molar-refractivity contribution in [2.75, 3.05) is 19.7 Å². The number of alkyl halides is 3. The predicted molar refractivity (Wildman–Crippen MR) is 82.4 cm³/mol. The molecule has 3 heterocycles. The van der Waals surface area contributed by atoms with Crippen molar-refractivity contribution in [2.24, 2.45) is 11.8 Å². The van der Waals surface area contributed by atoms with Crippen molar-refractivity contribution in [1.82, 2.24) is 0 Å². The highest BCUT2D eigenvalue weighted by molar-refractivity contribution is 5.24. The third-order valence-electron chi connectivity index (χ3n) is 5.77. The van der Waals surface area contributed by atoms with Crippen LogP contribution < -0.4 is 0 Å². The van der Waals surface area contributed by atoms with Crippen molar-refractivity contribution in [3.05, 3.63) is 48.0 Å². The fourth-order valence-corrected chi connectivity index (χ4v) is 4.44. The molecule has 1 aromatic rings. The molecule has 0 saturated carbocycles. The maximum absolute atomic E-state index is 12.7. The lowest BCUT2D eigenvalue weighted by Gasteiger charge is -2.56. The van der Waals surface area contributed by atoms with Gasteiger partial charge in [-0.1, -0.05) is 18.2 Å². The van der Waals surface area contributed by atoms with Gasteiger partial charge in [0.25, 0.3) is 0 Å². The highest BCUT2D eigenvalue weighted by Crippen LogP contribution is 2.43. The summed E-state index contributed by atoms with van der Waals surface area (Å²) in [6.45, 7) is 6.67. The highest BCUT2D eigenvalue weighted by atomic mass is 19.4. The van der Waals surface area contributed by atoms with Crippen LogP contribution in [0.4, 0.5) is 13.2 Å². The van der Waals surface area contributed by atoms with Crippen molar-refractivity contribution in [3.63, 3.8) is 0 Å². The molecule has 2 nitrogen and oxygen atoms in total. The molecule has 0 aliphatic carbocycles. The van der Waals surface area contributed by atoms with Crippen LogP contribution in [0.25, 0.3) is 0 Å². The Morgan fingerprint density at radius 2 is 1.96 bits per heavy atom. The molecular weight excluding hydrogens is 303 g/mol. The summed E-state index contributed by atoms with van der Waals surface area (Å²) in [6, 6.07) is 5.65. The topological polar surface area (TPSA) is 20.2 Å². The Morgan fingerprint density at radius 3 is 2.52 bits per heavy atom. The molecule has 3 fully saturated rings. The van der Waals surface area contributed by atoms with Gasteiger partial charge in [-0.2, -0.15) is 13.2 Å². The number of aliphatic hydroxyl groups is 1. The Morgan fingerprint density at radius 1 is 1.26 bits per heavy atom. The average Bonchev–Trinajstić information content (AvgIpc) is 2.54. The van der Waals surface area contributed by atoms with E-state index < -0.39 is 11.7 Å². The van der Waals surface area contributed by atoms with Crippen LogP contribution in [0.5, 0.6) is 0 Å². The van der Waals surface area contributed by atoms with Crippen molar-refractivity contribution in [2.45, 2.75) is 31.6 Å². The minimum absolute atomic E-state index is 0.140. The average molecular weight is 326 g/mol. The number of aliphatic hydroxyl groups excluding tert-OH is 1. The zero-order chi connectivity index (χ0) is 16.7. The second-order valence-corrected chi connectivity index (χ2v) is 7.00. The van der Waals surface area contributed by atoms with E-state index in [0.29, 0.717) is 18.4 Å². The number of rotatable bonds is 4. The number of halogens is 3. The number of benzene rings is 1. The highest BCUT2D eigenvalue weighted by Gasteiger charge is 2.50. The number of hydrogen-bond donors (Lipinski definition) is 1. The molecule has 126 valence electrons. The van der Waals surface area contributed by atoms with Crippen LogP contribution in [0.1, 0.15) is 24.0 Å². The van der Waals surface area contributed by atoms with E-state index in [9.17, 15) is 18.3 Å². The number of piperidine rings is 3. The fraction of sp³-hybridized carbons (Fsp3) is 0.556. The van der Waals surface area contributed by atoms with Gasteiger partial charge in [0.1, 0.15) is 12.6 Å². The maximum Gasteiger partial charge on any atom is 0.416 e. The van der Waals surface area contributed by atoms with Gasteiger partial charge in [0, 0.05) is 24.3 Å². The molecule has 2 bridgehead atoms. The van der Waals surface area contributed by atoms with Gasteiger partial charge in [-0.25, -0.2) is 0 Å². The van der Waals surface area contributed by atoms with Crippen LogP contribution in [0.2, 0.25) is 0 Å². The van der Waals surface area contributed by atoms with Crippen LogP contribution in [0, 0.1) is 11.8 Å². The van der Waals surface area contributed by atoms with E-state index in [-0.39, 0.29) is 12.6 Å². The molecule has 0 spiro atoms. The normalized spacial score (nSPS) is 33.7. The molecule has 0 amide bonds. The van der Waals surface area contributed by atoms with Crippen LogP contribution in [0.3, 0.4) is 0 Å². The van der Waals surface area contributed by atoms with Crippen molar-refractivity contribution < 1.29 is 22.8 Å². The van der Waals surface area contributed by atoms with E-state index >= 15 is 0 Å². The first-order valence-corrected chi connectivity index (χ1v) is 8.13. The first-order chi connectivity index (χ1) is 10.9. The molecule has 0 radical (unpaired) electrons. The molecule has 3 saturated heterocycles. The second kappa shape index (κ2) is 5.95. The minimum atomic E-state index is -4.30. The van der Waals surface area contributed by atoms with E-state index in [2.05, 4.69) is 6.58 Å². The zero-order valence-corrected chi connectivity index (χ0v) is 13.1. The summed E-state index contributed by atoms with van der Waals surface area (Å²) >= 11 is 0. The van der Waals surface area contributed by atoms with Crippen LogP contribution >= 0.6 is 0 Å². The molecule has 0 aromatic heterocycles. The predicted octanol–water partition coefficient (Wildman–Crippen LogP) is 3.61. The Labute approximate surface area is 134 Å². The summed E-state index contributed by atoms with van der Waals surface area (Å²) in [5.41, 5.74) is 0.292. The minimum Gasteiger partial charge on any atom is -0.390 e. The van der Waals surface area contributed by atoms with Gasteiger partial charge in [-0.15, -0.1) is 6.58 Å². The lowest BCUT2D eigenvalue weighted by molar-refractivity contribution is -0.981. The summed E-state index contributed by atoms with van der Waals surface area (Å²) in [5.74, 6) is 1.04. The molecule has 4 atom stereocenters. The molecule has 1 N–H and O–H groups in total. The smallest absolute Gasteiger partial charge is 0.390 e. The Bertz CT molecular complexity index is 569. The summed E-state index contributed by atoms with van der Waals surface area (Å²) in [4.78, 5) is 0. The Hall–Kier alpha value is -1.33. The molecule has 3 aliphatic rings. The summed E-state index contributed by atoms with van der Waals surface area (Å²) in [5, 5.41) is 9.78. The number of nitrogens with zero attached hydrogens (tertiary/aromatic N) is 1. The first-order valence-electron chi connectivity index (χ1n) is 8.13. The standard InChI is InChI=1S/C18H23F3NO/c1-2-14-11-22(8-7-15(14)9-17(22)12-23)10-13-3-5-16(6-4-13)18(19,20)21/h2-6,14-15,17,23H,1,7-12H2/q+1/t14-,15-,17+,22?/m0/s1. The molecular formula is C18H23F3NO+. The molecule has 1 unspecified atom stereocenters. The van der Waals surface area contributed by atoms with Gasteiger partial charge in [0.05, 0.1) is 25.3 Å². The number of quaternary nitrogens is 1. The lowest BCUT2D eigenvalue weighted by atomic mass is 9.73. The molecule has 23 heavy (non-hydrogen) atoms. The van der Waals surface area contributed by atoms with Crippen LogP contribution in [-0.4, -0.2) is 35.3 Å². The van der Waals surface area contributed by atoms with Crippen molar-refractivity contribution in [3.8, 4) is 0 Å². The van der Waals surface area contributed by atoms with E-state index in [4.69, 9.17) is 0 Å². The molecule has 1 aromatic carbocycles. The maximum atomic E-state index is 12.7. The molecule has 5 heteroatoms. The van der Waals surface area contributed by atoms with Gasteiger partial charge in [-0.3, -0.25) is 0 Å². The van der Waals surface area contributed by atoms with Gasteiger partial charge < -0.3 is 9.59 Å². The van der Waals surface area contributed by atoms with Gasteiger partial charge in [0.15, 0.2) is 0 Å². The van der Waals surface area contributed by atoms with E-state index in [0.717, 1.165) is 48.1 Å². The third kappa shape index (κ3) is 3.04. The molecule has 3 aliphatic heterocycles. The van der Waals surface area contributed by atoms with Gasteiger partial charge in [0.2, 0.25) is 0 Å². The Kier molecular flexibility index (Phi) is 4.27. The van der Waals surface area contributed by atoms with Gasteiger partial charge >= 0.3 is 6.18 Å². The number of fused-ring (bicyclic) bond motifs is 3. The second-order valence-electron chi connectivity index (χ2n) is 7.00. The van der Waals surface area contributed by atoms with Gasteiger partial charge in [-0.05, 0) is 18.1 Å². The largest absolute Gasteiger partial charge is 0.416 e.